The van der Waals surface area contributed by atoms with E-state index >= 15 is 0 Å². The lowest BCUT2D eigenvalue weighted by atomic mass is 10.1. The van der Waals surface area contributed by atoms with E-state index in [0.717, 1.165) is 22.4 Å². The molecule has 0 unspecified atom stereocenters. The lowest BCUT2D eigenvalue weighted by Crippen LogP contribution is -2.30. The smallest absolute Gasteiger partial charge is 0.254 e. The third-order valence-electron chi connectivity index (χ3n) is 5.33. The van der Waals surface area contributed by atoms with Crippen molar-refractivity contribution >= 4 is 17.5 Å². The monoisotopic (exact) mass is 384 g/mol. The first-order chi connectivity index (χ1) is 14.2. The fourth-order valence-electron chi connectivity index (χ4n) is 3.77. The molecule has 0 spiro atoms. The lowest BCUT2D eigenvalue weighted by molar-refractivity contribution is -0.117. The van der Waals surface area contributed by atoms with Crippen molar-refractivity contribution in [3.05, 3.63) is 101 Å². The zero-order valence-corrected chi connectivity index (χ0v) is 16.5. The van der Waals surface area contributed by atoms with Gasteiger partial charge in [0, 0.05) is 24.3 Å². The highest BCUT2D eigenvalue weighted by Gasteiger charge is 2.28. The van der Waals surface area contributed by atoms with Gasteiger partial charge < -0.3 is 9.80 Å². The molecule has 0 saturated heterocycles. The number of fused-ring (bicyclic) bond motifs is 1. The summed E-state index contributed by atoms with van der Waals surface area (Å²) in [5.74, 6) is 0.0678. The van der Waals surface area contributed by atoms with Crippen molar-refractivity contribution in [1.82, 2.24) is 4.90 Å². The van der Waals surface area contributed by atoms with Gasteiger partial charge in [-0.3, -0.25) is 9.59 Å². The van der Waals surface area contributed by atoms with Gasteiger partial charge in [-0.2, -0.15) is 0 Å². The van der Waals surface area contributed by atoms with Crippen LogP contribution in [0.2, 0.25) is 0 Å². The Morgan fingerprint density at radius 1 is 0.931 bits per heavy atom. The number of carbonyl (C=O) groups is 2. The maximum absolute atomic E-state index is 13.1. The molecule has 3 aromatic carbocycles. The maximum atomic E-state index is 13.1. The maximum Gasteiger partial charge on any atom is 0.254 e. The quantitative estimate of drug-likeness (QED) is 0.630. The largest absolute Gasteiger partial charge is 0.335 e. The topological polar surface area (TPSA) is 40.6 Å². The van der Waals surface area contributed by atoms with Crippen molar-refractivity contribution in [2.45, 2.75) is 26.4 Å². The summed E-state index contributed by atoms with van der Waals surface area (Å²) in [6, 6.07) is 25.6. The molecule has 4 heteroatoms. The van der Waals surface area contributed by atoms with Crippen LogP contribution in [0.5, 0.6) is 0 Å². The molecule has 4 rings (SSSR count). The molecule has 1 aliphatic heterocycles. The van der Waals surface area contributed by atoms with Gasteiger partial charge >= 0.3 is 0 Å². The molecule has 1 aliphatic rings. The Morgan fingerprint density at radius 3 is 2.24 bits per heavy atom. The SMILES string of the molecule is CCN(Cc1ccccc1)C(=O)c1ccc2c(c1)CC(=O)N2Cc1ccccc1. The van der Waals surface area contributed by atoms with Crippen LogP contribution in [-0.2, 0) is 24.3 Å². The van der Waals surface area contributed by atoms with E-state index < -0.39 is 0 Å². The van der Waals surface area contributed by atoms with E-state index in [1.807, 2.05) is 90.7 Å². The molecule has 0 fully saturated rings. The van der Waals surface area contributed by atoms with E-state index in [0.29, 0.717) is 31.6 Å². The first kappa shape index (κ1) is 18.9. The van der Waals surface area contributed by atoms with Gasteiger partial charge in [0.2, 0.25) is 5.91 Å². The Bertz CT molecular complexity index is 1020. The summed E-state index contributed by atoms with van der Waals surface area (Å²) in [6.07, 6.45) is 0.341. The number of carbonyl (C=O) groups excluding carboxylic acids is 2. The fourth-order valence-corrected chi connectivity index (χ4v) is 3.77. The van der Waals surface area contributed by atoms with Crippen molar-refractivity contribution in [3.63, 3.8) is 0 Å². The number of hydrogen-bond acceptors (Lipinski definition) is 2. The Balaban J connectivity index is 1.54. The molecule has 0 bridgehead atoms. The molecule has 4 nitrogen and oxygen atoms in total. The predicted octanol–water partition coefficient (Wildman–Crippen LogP) is 4.44. The molecule has 0 N–H and O–H groups in total. The number of benzene rings is 3. The minimum Gasteiger partial charge on any atom is -0.335 e. The molecular formula is C25H24N2O2. The van der Waals surface area contributed by atoms with Gasteiger partial charge in [0.25, 0.3) is 5.91 Å². The summed E-state index contributed by atoms with van der Waals surface area (Å²) in [5, 5.41) is 0. The van der Waals surface area contributed by atoms with Crippen molar-refractivity contribution in [3.8, 4) is 0 Å². The molecule has 0 saturated carbocycles. The first-order valence-electron chi connectivity index (χ1n) is 9.96. The van der Waals surface area contributed by atoms with Gasteiger partial charge in [0.05, 0.1) is 13.0 Å². The molecule has 146 valence electrons. The van der Waals surface area contributed by atoms with E-state index in [9.17, 15) is 9.59 Å². The van der Waals surface area contributed by atoms with Crippen LogP contribution in [0.1, 0.15) is 34.0 Å². The predicted molar refractivity (Wildman–Crippen MR) is 115 cm³/mol. The van der Waals surface area contributed by atoms with Gasteiger partial charge in [-0.1, -0.05) is 60.7 Å². The van der Waals surface area contributed by atoms with Crippen LogP contribution in [0.4, 0.5) is 5.69 Å². The van der Waals surface area contributed by atoms with Gasteiger partial charge in [0.1, 0.15) is 0 Å². The van der Waals surface area contributed by atoms with Crippen LogP contribution in [0, 0.1) is 0 Å². The summed E-state index contributed by atoms with van der Waals surface area (Å²) in [5.41, 5.74) is 4.66. The number of nitrogens with zero attached hydrogens (tertiary/aromatic N) is 2. The van der Waals surface area contributed by atoms with E-state index in [2.05, 4.69) is 0 Å². The average Bonchev–Trinajstić information content (AvgIpc) is 3.07. The second-order valence-electron chi connectivity index (χ2n) is 7.29. The van der Waals surface area contributed by atoms with E-state index in [1.165, 1.54) is 0 Å². The van der Waals surface area contributed by atoms with Crippen LogP contribution in [0.15, 0.2) is 78.9 Å². The molecule has 29 heavy (non-hydrogen) atoms. The van der Waals surface area contributed by atoms with Crippen molar-refractivity contribution < 1.29 is 9.59 Å². The molecule has 0 aromatic heterocycles. The standard InChI is InChI=1S/C25H24N2O2/c1-2-26(17-19-9-5-3-6-10-19)25(29)21-13-14-23-22(15-21)16-24(28)27(23)18-20-11-7-4-8-12-20/h3-15H,2,16-18H2,1H3. The molecule has 3 aromatic rings. The zero-order chi connectivity index (χ0) is 20.2. The first-order valence-corrected chi connectivity index (χ1v) is 9.96. The number of hydrogen-bond donors (Lipinski definition) is 0. The van der Waals surface area contributed by atoms with E-state index in [4.69, 9.17) is 0 Å². The second-order valence-corrected chi connectivity index (χ2v) is 7.29. The van der Waals surface area contributed by atoms with Crippen LogP contribution >= 0.6 is 0 Å². The zero-order valence-electron chi connectivity index (χ0n) is 16.5. The summed E-state index contributed by atoms with van der Waals surface area (Å²) in [6.45, 7) is 3.74. The second kappa shape index (κ2) is 8.31. The highest BCUT2D eigenvalue weighted by atomic mass is 16.2. The molecule has 1 heterocycles. The highest BCUT2D eigenvalue weighted by molar-refractivity contribution is 6.03. The number of anilines is 1. The molecule has 2 amide bonds. The lowest BCUT2D eigenvalue weighted by Gasteiger charge is -2.22. The third-order valence-corrected chi connectivity index (χ3v) is 5.33. The number of amides is 2. The molecule has 0 aliphatic carbocycles. The minimum absolute atomic E-state index is 0.00638. The Kier molecular flexibility index (Phi) is 5.43. The molecule has 0 radical (unpaired) electrons. The van der Waals surface area contributed by atoms with Gasteiger partial charge in [-0.25, -0.2) is 0 Å². The van der Waals surface area contributed by atoms with Crippen LogP contribution < -0.4 is 4.90 Å². The summed E-state index contributed by atoms with van der Waals surface area (Å²) < 4.78 is 0. The van der Waals surface area contributed by atoms with E-state index in [-0.39, 0.29) is 11.8 Å². The highest BCUT2D eigenvalue weighted by Crippen LogP contribution is 2.31. The summed E-state index contributed by atoms with van der Waals surface area (Å²) >= 11 is 0. The Hall–Kier alpha value is -3.40. The molecular weight excluding hydrogens is 360 g/mol. The average molecular weight is 384 g/mol. The van der Waals surface area contributed by atoms with E-state index in [1.54, 1.807) is 4.90 Å². The molecule has 0 atom stereocenters. The van der Waals surface area contributed by atoms with Gasteiger partial charge in [0.15, 0.2) is 0 Å². The van der Waals surface area contributed by atoms with Gasteiger partial charge in [-0.05, 0) is 41.8 Å². The Labute approximate surface area is 171 Å². The van der Waals surface area contributed by atoms with Crippen molar-refractivity contribution in [2.75, 3.05) is 11.4 Å². The van der Waals surface area contributed by atoms with Crippen LogP contribution in [0.25, 0.3) is 0 Å². The van der Waals surface area contributed by atoms with Crippen LogP contribution in [0.3, 0.4) is 0 Å². The summed E-state index contributed by atoms with van der Waals surface area (Å²) in [7, 11) is 0. The third kappa shape index (κ3) is 4.06. The fraction of sp³-hybridized carbons (Fsp3) is 0.200. The van der Waals surface area contributed by atoms with Crippen LogP contribution in [-0.4, -0.2) is 23.3 Å². The number of rotatable bonds is 6. The summed E-state index contributed by atoms with van der Waals surface area (Å²) in [4.78, 5) is 29.3. The normalized spacial score (nSPS) is 12.7. The van der Waals surface area contributed by atoms with Crippen molar-refractivity contribution in [1.29, 1.82) is 0 Å². The van der Waals surface area contributed by atoms with Gasteiger partial charge in [-0.15, -0.1) is 0 Å². The Morgan fingerprint density at radius 2 is 1.59 bits per heavy atom. The van der Waals surface area contributed by atoms with Crippen molar-refractivity contribution in [2.24, 2.45) is 0 Å². The minimum atomic E-state index is -0.00638.